The number of benzene rings is 1. The molecule has 3 saturated carbocycles. The van der Waals surface area contributed by atoms with Crippen molar-refractivity contribution in [2.75, 3.05) is 33.2 Å². The molecule has 1 aromatic carbocycles. The van der Waals surface area contributed by atoms with Gasteiger partial charge in [-0.25, -0.2) is 4.79 Å². The van der Waals surface area contributed by atoms with Crippen LogP contribution < -0.4 is 0 Å². The molecule has 1 saturated heterocycles. The van der Waals surface area contributed by atoms with Gasteiger partial charge in [0, 0.05) is 48.2 Å². The zero-order chi connectivity index (χ0) is 34.2. The van der Waals surface area contributed by atoms with E-state index >= 15 is 0 Å². The van der Waals surface area contributed by atoms with E-state index in [9.17, 15) is 14.7 Å². The van der Waals surface area contributed by atoms with Gasteiger partial charge in [-0.15, -0.1) is 0 Å². The Morgan fingerprint density at radius 1 is 0.896 bits per heavy atom. The van der Waals surface area contributed by atoms with E-state index in [0.717, 1.165) is 82.0 Å². The third-order valence-corrected chi connectivity index (χ3v) is 16.3. The summed E-state index contributed by atoms with van der Waals surface area (Å²) in [5.41, 5.74) is 5.96. The molecule has 4 fully saturated rings. The van der Waals surface area contributed by atoms with Crippen LogP contribution >= 0.6 is 0 Å². The fraction of sp³-hybridized carbons (Fsp3) is 0.714. The zero-order valence-corrected chi connectivity index (χ0v) is 30.9. The Labute approximate surface area is 288 Å². The average molecular weight is 654 g/mol. The van der Waals surface area contributed by atoms with E-state index < -0.39 is 5.97 Å². The van der Waals surface area contributed by atoms with Crippen LogP contribution in [-0.2, 0) is 16.6 Å². The number of nitrogens with one attached hydrogen (secondary N) is 1. The van der Waals surface area contributed by atoms with Crippen molar-refractivity contribution in [1.29, 1.82) is 0 Å². The molecule has 2 aromatic rings. The van der Waals surface area contributed by atoms with Crippen molar-refractivity contribution in [2.45, 2.75) is 112 Å². The lowest BCUT2D eigenvalue weighted by Gasteiger charge is -2.71. The highest BCUT2D eigenvalue weighted by molar-refractivity contribution is 5.95. The maximum atomic E-state index is 14.8. The smallest absolute Gasteiger partial charge is 0.335 e. The van der Waals surface area contributed by atoms with Crippen molar-refractivity contribution in [2.24, 2.45) is 44.8 Å². The first kappa shape index (κ1) is 32.6. The number of carbonyl (C=O) groups is 2. The Kier molecular flexibility index (Phi) is 6.95. The Balaban J connectivity index is 1.21. The Hall–Kier alpha value is -2.60. The van der Waals surface area contributed by atoms with Crippen LogP contribution in [0.2, 0.25) is 0 Å². The molecule has 1 aromatic heterocycles. The molecule has 8 rings (SSSR count). The highest BCUT2D eigenvalue weighted by atomic mass is 16.4. The van der Waals surface area contributed by atoms with E-state index in [2.05, 4.69) is 76.4 Å². The van der Waals surface area contributed by atoms with Gasteiger partial charge >= 0.3 is 5.97 Å². The predicted molar refractivity (Wildman–Crippen MR) is 192 cm³/mol. The van der Waals surface area contributed by atoms with Crippen molar-refractivity contribution in [3.8, 4) is 0 Å². The van der Waals surface area contributed by atoms with Crippen LogP contribution in [0.15, 0.2) is 29.8 Å². The third kappa shape index (κ3) is 4.19. The first-order chi connectivity index (χ1) is 22.5. The first-order valence-electron chi connectivity index (χ1n) is 19.0. The molecule has 2 N–H and O–H groups in total. The van der Waals surface area contributed by atoms with Crippen LogP contribution in [0.1, 0.15) is 121 Å². The molecule has 0 unspecified atom stereocenters. The van der Waals surface area contributed by atoms with Gasteiger partial charge < -0.3 is 19.9 Å². The summed E-state index contributed by atoms with van der Waals surface area (Å²) >= 11 is 0. The summed E-state index contributed by atoms with van der Waals surface area (Å²) in [6.07, 6.45) is 12.6. The second-order valence-electron chi connectivity index (χ2n) is 19.4. The van der Waals surface area contributed by atoms with Gasteiger partial charge in [0.25, 0.3) is 0 Å². The number of carbonyl (C=O) groups excluding carboxylic acids is 1. The average Bonchev–Trinajstić information content (AvgIpc) is 3.39. The van der Waals surface area contributed by atoms with Gasteiger partial charge in [-0.3, -0.25) is 4.79 Å². The van der Waals surface area contributed by atoms with Crippen molar-refractivity contribution < 1.29 is 14.7 Å². The number of carboxylic acid groups (broad SMARTS) is 1. The van der Waals surface area contributed by atoms with Crippen LogP contribution in [0.4, 0.5) is 0 Å². The molecule has 6 heteroatoms. The number of amides is 1. The summed E-state index contributed by atoms with van der Waals surface area (Å²) in [7, 11) is 2.18. The number of fused-ring (bicyclic) bond motifs is 10. The van der Waals surface area contributed by atoms with E-state index in [1.165, 1.54) is 24.1 Å². The molecular weight excluding hydrogens is 594 g/mol. The number of aromatic nitrogens is 1. The van der Waals surface area contributed by atoms with Gasteiger partial charge in [-0.1, -0.05) is 60.1 Å². The summed E-state index contributed by atoms with van der Waals surface area (Å²) in [5, 5.41) is 11.0. The van der Waals surface area contributed by atoms with E-state index in [0.29, 0.717) is 29.2 Å². The monoisotopic (exact) mass is 653 g/mol. The highest BCUT2D eigenvalue weighted by Crippen LogP contribution is 2.75. The molecule has 7 atom stereocenters. The molecule has 260 valence electrons. The van der Waals surface area contributed by atoms with E-state index in [4.69, 9.17) is 0 Å². The molecule has 1 aliphatic heterocycles. The quantitative estimate of drug-likeness (QED) is 0.319. The maximum Gasteiger partial charge on any atom is 0.335 e. The molecule has 0 spiro atoms. The van der Waals surface area contributed by atoms with Crippen molar-refractivity contribution >= 4 is 22.8 Å². The lowest BCUT2D eigenvalue weighted by Crippen LogP contribution is -2.65. The Morgan fingerprint density at radius 2 is 1.60 bits per heavy atom. The predicted octanol–water partition coefficient (Wildman–Crippen LogP) is 8.46. The largest absolute Gasteiger partial charge is 0.478 e. The van der Waals surface area contributed by atoms with Gasteiger partial charge in [0.15, 0.2) is 0 Å². The summed E-state index contributed by atoms with van der Waals surface area (Å²) in [6.45, 7) is 21.3. The van der Waals surface area contributed by atoms with Crippen LogP contribution in [0.25, 0.3) is 10.9 Å². The maximum absolute atomic E-state index is 14.8. The molecule has 6 nitrogen and oxygen atoms in total. The van der Waals surface area contributed by atoms with Crippen molar-refractivity contribution in [3.05, 3.63) is 46.7 Å². The number of H-pyrrole nitrogens is 1. The summed E-state index contributed by atoms with van der Waals surface area (Å²) in [6, 6.07) is 5.63. The van der Waals surface area contributed by atoms with Gasteiger partial charge in [-0.05, 0) is 128 Å². The molecule has 0 radical (unpaired) electrons. The minimum absolute atomic E-state index is 0.0407. The number of allylic oxidation sites excluding steroid dienone is 2. The third-order valence-electron chi connectivity index (χ3n) is 16.3. The number of rotatable bonds is 2. The Morgan fingerprint density at radius 3 is 2.31 bits per heavy atom. The normalized spacial score (nSPS) is 40.1. The second-order valence-corrected chi connectivity index (χ2v) is 19.4. The van der Waals surface area contributed by atoms with Crippen LogP contribution in [0.5, 0.6) is 0 Å². The van der Waals surface area contributed by atoms with Crippen LogP contribution in [0.3, 0.4) is 0 Å². The highest BCUT2D eigenvalue weighted by Gasteiger charge is 2.69. The molecule has 0 bridgehead atoms. The lowest BCUT2D eigenvalue weighted by molar-refractivity contribution is -0.173. The molecule has 1 amide bonds. The number of piperazine rings is 1. The van der Waals surface area contributed by atoms with Crippen molar-refractivity contribution in [1.82, 2.24) is 14.8 Å². The van der Waals surface area contributed by atoms with Crippen LogP contribution in [-0.4, -0.2) is 65.0 Å². The fourth-order valence-electron chi connectivity index (χ4n) is 13.4. The summed E-state index contributed by atoms with van der Waals surface area (Å²) < 4.78 is 0. The molecule has 2 heterocycles. The second kappa shape index (κ2) is 10.2. The van der Waals surface area contributed by atoms with Crippen molar-refractivity contribution in [3.63, 3.8) is 0 Å². The fourth-order valence-corrected chi connectivity index (χ4v) is 13.4. The number of aromatic carboxylic acids is 1. The minimum atomic E-state index is -0.862. The van der Waals surface area contributed by atoms with Crippen LogP contribution in [0, 0.1) is 44.8 Å². The molecule has 48 heavy (non-hydrogen) atoms. The van der Waals surface area contributed by atoms with Gasteiger partial charge in [0.05, 0.1) is 11.0 Å². The number of hydrogen-bond acceptors (Lipinski definition) is 3. The number of aromatic amines is 1. The summed E-state index contributed by atoms with van der Waals surface area (Å²) in [4.78, 5) is 35.2. The molecule has 6 aliphatic rings. The summed E-state index contributed by atoms with van der Waals surface area (Å²) in [5.74, 6) is 0.988. The molecular formula is C42H59N3O3. The number of carboxylic acids is 1. The SMILES string of the molecule is CN1CCN(C(=O)[C@]23CCC(C)(C)C[C@H]2C2=CC[C@@H]4[C@@]5(C)Cc6c([nH]c7ccc(C(=O)O)cc67)C(C)(C)[C@@H]5CC[C@@]4(C)[C@]2(C)CC3)CC1. The lowest BCUT2D eigenvalue weighted by atomic mass is 9.33. The molecule has 5 aliphatic carbocycles. The van der Waals surface area contributed by atoms with E-state index in [-0.39, 0.29) is 32.5 Å². The first-order valence-corrected chi connectivity index (χ1v) is 19.0. The standard InChI is InChI=1S/C42H59N3O3/c1-37(2)15-17-42(36(48)45-21-19-44(8)20-22-45)18-16-40(6)29(30(42)25-37)10-12-33-39(5)24-28-27-23-26(35(46)47)9-11-31(27)43-34(28)38(3,4)32(39)13-14-41(33,40)7/h9-11,23,30,32-33,43H,12-22,24-25H2,1-8H3,(H,46,47)/t30-,32-,33+,39-,40+,41+,42-/m0/s1. The topological polar surface area (TPSA) is 76.6 Å². The van der Waals surface area contributed by atoms with Gasteiger partial charge in [-0.2, -0.15) is 0 Å². The number of nitrogens with zero attached hydrogens (tertiary/aromatic N) is 2. The minimum Gasteiger partial charge on any atom is -0.478 e. The number of hydrogen-bond donors (Lipinski definition) is 2. The number of likely N-dealkylation sites (N-methyl/N-ethyl adjacent to an activating group) is 1. The van der Waals surface area contributed by atoms with Gasteiger partial charge in [0.2, 0.25) is 5.91 Å². The van der Waals surface area contributed by atoms with Gasteiger partial charge in [0.1, 0.15) is 0 Å². The Bertz CT molecular complexity index is 1730. The van der Waals surface area contributed by atoms with E-state index in [1.807, 2.05) is 12.1 Å². The van der Waals surface area contributed by atoms with E-state index in [1.54, 1.807) is 11.6 Å². The zero-order valence-electron chi connectivity index (χ0n) is 30.9.